The van der Waals surface area contributed by atoms with Gasteiger partial charge in [0.05, 0.1) is 32.5 Å². The first-order valence-electron chi connectivity index (χ1n) is 8.77. The van der Waals surface area contributed by atoms with Crippen LogP contribution in [-0.4, -0.2) is 69.8 Å². The van der Waals surface area contributed by atoms with Gasteiger partial charge in [-0.05, 0) is 13.8 Å². The summed E-state index contributed by atoms with van der Waals surface area (Å²) in [5, 5.41) is 5.32. The molecular weight excluding hydrogens is 328 g/mol. The van der Waals surface area contributed by atoms with Gasteiger partial charge in [-0.25, -0.2) is 0 Å². The summed E-state index contributed by atoms with van der Waals surface area (Å²) < 4.78 is 15.7. The molecule has 2 amide bonds. The fourth-order valence-electron chi connectivity index (χ4n) is 1.65. The first-order valence-corrected chi connectivity index (χ1v) is 8.77. The summed E-state index contributed by atoms with van der Waals surface area (Å²) >= 11 is 0. The number of ketones is 1. The Labute approximate surface area is 150 Å². The van der Waals surface area contributed by atoms with Crippen LogP contribution in [0.15, 0.2) is 0 Å². The van der Waals surface area contributed by atoms with Crippen LogP contribution in [0.2, 0.25) is 0 Å². The van der Waals surface area contributed by atoms with E-state index >= 15 is 0 Å². The SMILES string of the molecule is CCC(=O)COCCNC(=O)CCNC(=O)CCOCCOC(C)C. The average molecular weight is 360 g/mol. The second kappa shape index (κ2) is 16.0. The van der Waals surface area contributed by atoms with Crippen molar-refractivity contribution < 1.29 is 28.6 Å². The minimum atomic E-state index is -0.173. The van der Waals surface area contributed by atoms with Crippen molar-refractivity contribution in [2.75, 3.05) is 46.1 Å². The molecule has 8 nitrogen and oxygen atoms in total. The number of amides is 2. The fourth-order valence-corrected chi connectivity index (χ4v) is 1.65. The number of ether oxygens (including phenoxy) is 3. The largest absolute Gasteiger partial charge is 0.379 e. The Morgan fingerprint density at radius 3 is 2.20 bits per heavy atom. The second-order valence-corrected chi connectivity index (χ2v) is 5.68. The van der Waals surface area contributed by atoms with Crippen LogP contribution in [0.25, 0.3) is 0 Å². The van der Waals surface area contributed by atoms with Crippen LogP contribution in [0.3, 0.4) is 0 Å². The third-order valence-corrected chi connectivity index (χ3v) is 3.05. The maximum Gasteiger partial charge on any atom is 0.222 e. The van der Waals surface area contributed by atoms with Crippen molar-refractivity contribution in [1.29, 1.82) is 0 Å². The predicted molar refractivity (Wildman–Crippen MR) is 93.3 cm³/mol. The summed E-state index contributed by atoms with van der Waals surface area (Å²) in [4.78, 5) is 34.1. The Balaban J connectivity index is 3.42. The van der Waals surface area contributed by atoms with E-state index in [1.54, 1.807) is 6.92 Å². The van der Waals surface area contributed by atoms with Crippen LogP contribution in [0, 0.1) is 0 Å². The van der Waals surface area contributed by atoms with Crippen LogP contribution >= 0.6 is 0 Å². The zero-order valence-electron chi connectivity index (χ0n) is 15.6. The Bertz CT molecular complexity index is 387. The van der Waals surface area contributed by atoms with Crippen molar-refractivity contribution in [2.45, 2.75) is 46.1 Å². The summed E-state index contributed by atoms with van der Waals surface area (Å²) in [6.45, 7) is 7.95. The molecule has 25 heavy (non-hydrogen) atoms. The molecule has 0 rings (SSSR count). The Kier molecular flexibility index (Phi) is 15.0. The summed E-state index contributed by atoms with van der Waals surface area (Å²) in [6.07, 6.45) is 1.07. The van der Waals surface area contributed by atoms with Gasteiger partial charge in [0.25, 0.3) is 0 Å². The van der Waals surface area contributed by atoms with Crippen LogP contribution in [0.1, 0.15) is 40.0 Å². The molecule has 0 aliphatic carbocycles. The summed E-state index contributed by atoms with van der Waals surface area (Å²) in [5.74, 6) is -0.294. The summed E-state index contributed by atoms with van der Waals surface area (Å²) in [5.41, 5.74) is 0. The van der Waals surface area contributed by atoms with Gasteiger partial charge in [0.2, 0.25) is 11.8 Å². The molecule has 0 aromatic rings. The highest BCUT2D eigenvalue weighted by Crippen LogP contribution is 1.89. The molecule has 0 atom stereocenters. The third-order valence-electron chi connectivity index (χ3n) is 3.05. The number of carbonyl (C=O) groups is 3. The zero-order valence-corrected chi connectivity index (χ0v) is 15.6. The minimum Gasteiger partial charge on any atom is -0.379 e. The van der Waals surface area contributed by atoms with Crippen molar-refractivity contribution in [3.05, 3.63) is 0 Å². The molecule has 0 saturated heterocycles. The third kappa shape index (κ3) is 17.1. The van der Waals surface area contributed by atoms with E-state index in [1.807, 2.05) is 13.8 Å². The molecule has 2 N–H and O–H groups in total. The average Bonchev–Trinajstić information content (AvgIpc) is 2.57. The lowest BCUT2D eigenvalue weighted by Gasteiger charge is -2.09. The highest BCUT2D eigenvalue weighted by atomic mass is 16.5. The maximum absolute atomic E-state index is 11.6. The molecule has 0 unspecified atom stereocenters. The van der Waals surface area contributed by atoms with Gasteiger partial charge < -0.3 is 24.8 Å². The van der Waals surface area contributed by atoms with E-state index in [1.165, 1.54) is 0 Å². The predicted octanol–water partition coefficient (Wildman–Crippen LogP) is 0.436. The van der Waals surface area contributed by atoms with Gasteiger partial charge in [-0.15, -0.1) is 0 Å². The van der Waals surface area contributed by atoms with Crippen molar-refractivity contribution in [2.24, 2.45) is 0 Å². The first-order chi connectivity index (χ1) is 12.0. The van der Waals surface area contributed by atoms with E-state index in [4.69, 9.17) is 14.2 Å². The van der Waals surface area contributed by atoms with Gasteiger partial charge in [-0.1, -0.05) is 6.92 Å². The van der Waals surface area contributed by atoms with Crippen molar-refractivity contribution in [3.8, 4) is 0 Å². The summed E-state index contributed by atoms with van der Waals surface area (Å²) in [7, 11) is 0. The van der Waals surface area contributed by atoms with E-state index in [0.29, 0.717) is 39.4 Å². The smallest absolute Gasteiger partial charge is 0.222 e. The van der Waals surface area contributed by atoms with Crippen LogP contribution in [0.5, 0.6) is 0 Å². The molecule has 0 aromatic heterocycles. The highest BCUT2D eigenvalue weighted by Gasteiger charge is 2.05. The standard InChI is InChI=1S/C17H32N2O6/c1-4-15(20)13-24-10-8-19-16(21)5-7-18-17(22)6-9-23-11-12-25-14(2)3/h14H,4-13H2,1-3H3,(H,18,22)(H,19,21). The molecule has 0 aliphatic rings. The fraction of sp³-hybridized carbons (Fsp3) is 0.824. The molecule has 8 heteroatoms. The lowest BCUT2D eigenvalue weighted by Crippen LogP contribution is -2.32. The lowest BCUT2D eigenvalue weighted by molar-refractivity contribution is -0.123. The molecule has 0 bridgehead atoms. The van der Waals surface area contributed by atoms with Gasteiger partial charge in [0.15, 0.2) is 5.78 Å². The van der Waals surface area contributed by atoms with Crippen molar-refractivity contribution >= 4 is 17.6 Å². The Morgan fingerprint density at radius 2 is 1.52 bits per heavy atom. The lowest BCUT2D eigenvalue weighted by atomic mass is 10.3. The monoisotopic (exact) mass is 360 g/mol. The first kappa shape index (κ1) is 23.5. The molecule has 146 valence electrons. The second-order valence-electron chi connectivity index (χ2n) is 5.68. The van der Waals surface area contributed by atoms with E-state index < -0.39 is 0 Å². The molecule has 0 aliphatic heterocycles. The zero-order chi connectivity index (χ0) is 18.9. The van der Waals surface area contributed by atoms with Crippen molar-refractivity contribution in [3.63, 3.8) is 0 Å². The molecule has 0 saturated carbocycles. The molecule has 0 radical (unpaired) electrons. The molecule has 0 fully saturated rings. The van der Waals surface area contributed by atoms with Crippen LogP contribution < -0.4 is 10.6 Å². The van der Waals surface area contributed by atoms with Gasteiger partial charge in [-0.2, -0.15) is 0 Å². The molecular formula is C17H32N2O6. The van der Waals surface area contributed by atoms with Gasteiger partial charge in [0.1, 0.15) is 6.61 Å². The summed E-state index contributed by atoms with van der Waals surface area (Å²) in [6, 6.07) is 0. The van der Waals surface area contributed by atoms with Gasteiger partial charge in [0, 0.05) is 32.4 Å². The quantitative estimate of drug-likeness (QED) is 0.387. The number of Topliss-reactive ketones (excluding diaryl/α,β-unsaturated/α-hetero) is 1. The van der Waals surface area contributed by atoms with Crippen LogP contribution in [0.4, 0.5) is 0 Å². The van der Waals surface area contributed by atoms with E-state index in [9.17, 15) is 14.4 Å². The number of hydrogen-bond acceptors (Lipinski definition) is 6. The number of rotatable bonds is 16. The number of hydrogen-bond donors (Lipinski definition) is 2. The van der Waals surface area contributed by atoms with Gasteiger partial charge >= 0.3 is 0 Å². The maximum atomic E-state index is 11.6. The normalized spacial score (nSPS) is 10.7. The van der Waals surface area contributed by atoms with E-state index in [-0.39, 0.29) is 49.7 Å². The highest BCUT2D eigenvalue weighted by molar-refractivity contribution is 5.79. The van der Waals surface area contributed by atoms with Crippen LogP contribution in [-0.2, 0) is 28.6 Å². The van der Waals surface area contributed by atoms with Gasteiger partial charge in [-0.3, -0.25) is 14.4 Å². The molecule has 0 spiro atoms. The Morgan fingerprint density at radius 1 is 0.840 bits per heavy atom. The number of carbonyl (C=O) groups excluding carboxylic acids is 3. The molecule has 0 heterocycles. The number of nitrogens with one attached hydrogen (secondary N) is 2. The van der Waals surface area contributed by atoms with E-state index in [2.05, 4.69) is 10.6 Å². The minimum absolute atomic E-state index is 0.0328. The molecule has 0 aromatic carbocycles. The van der Waals surface area contributed by atoms with Crippen molar-refractivity contribution in [1.82, 2.24) is 10.6 Å². The Hall–Kier alpha value is -1.51. The topological polar surface area (TPSA) is 103 Å². The van der Waals surface area contributed by atoms with E-state index in [0.717, 1.165) is 0 Å².